The largest absolute Gasteiger partial charge is 0.251 e. The Hall–Kier alpha value is -0.210. The average molecular weight is 125 g/mol. The van der Waals surface area contributed by atoms with Gasteiger partial charge < -0.3 is 0 Å². The Morgan fingerprint density at radius 1 is 1.38 bits per heavy atom. The number of alkyl halides is 3. The van der Waals surface area contributed by atoms with E-state index in [0.717, 1.165) is 0 Å². The summed E-state index contributed by atoms with van der Waals surface area (Å²) in [5.41, 5.74) is 0. The van der Waals surface area contributed by atoms with Gasteiger partial charge in [-0.15, -0.1) is 0 Å². The molecule has 0 bridgehead atoms. The van der Waals surface area contributed by atoms with Crippen molar-refractivity contribution in [3.8, 4) is 0 Å². The number of halogens is 3. The van der Waals surface area contributed by atoms with Crippen LogP contribution in [0.5, 0.6) is 0 Å². The first-order chi connectivity index (χ1) is 3.77. The fourth-order valence-corrected chi connectivity index (χ4v) is 0.321. The van der Waals surface area contributed by atoms with Gasteiger partial charge in [-0.1, -0.05) is 0 Å². The van der Waals surface area contributed by atoms with Gasteiger partial charge in [0.1, 0.15) is 0 Å². The zero-order chi connectivity index (χ0) is 6.41. The lowest BCUT2D eigenvalue weighted by molar-refractivity contribution is 0.137. The second kappa shape index (κ2) is 4.94. The maximum absolute atomic E-state index is 11.2. The van der Waals surface area contributed by atoms with Gasteiger partial charge in [0.25, 0.3) is 0 Å². The minimum absolute atomic E-state index is 0.175. The second-order valence-electron chi connectivity index (χ2n) is 1.41. The third kappa shape index (κ3) is 5.79. The molecule has 0 aromatic rings. The van der Waals surface area contributed by atoms with Crippen LogP contribution < -0.4 is 0 Å². The summed E-state index contributed by atoms with van der Waals surface area (Å²) < 4.78 is 33.6. The molecule has 0 aromatic heterocycles. The summed E-state index contributed by atoms with van der Waals surface area (Å²) in [7, 11) is 0. The molecule has 0 unspecified atom stereocenters. The molecule has 3 heteroatoms. The molecule has 8 heavy (non-hydrogen) atoms. The van der Waals surface area contributed by atoms with Crippen molar-refractivity contribution in [2.75, 3.05) is 6.67 Å². The summed E-state index contributed by atoms with van der Waals surface area (Å²) >= 11 is 0. The Balaban J connectivity index is 2.72. The highest BCUT2D eigenvalue weighted by Gasteiger charge is 1.99. The van der Waals surface area contributed by atoms with Crippen molar-refractivity contribution in [1.82, 2.24) is 0 Å². The standard InChI is InChI=1S/C5H8F3/c6-4-2-1-3-5(7)8/h2,5H,1,3-4H2. The summed E-state index contributed by atoms with van der Waals surface area (Å²) in [6, 6.07) is 0. The Kier molecular flexibility index (Phi) is 4.81. The van der Waals surface area contributed by atoms with Gasteiger partial charge in [0.15, 0.2) is 0 Å². The van der Waals surface area contributed by atoms with Crippen molar-refractivity contribution in [1.29, 1.82) is 0 Å². The Bertz CT molecular complexity index is 44.9. The number of unbranched alkanes of at least 4 members (excludes halogenated alkanes) is 1. The molecule has 0 amide bonds. The van der Waals surface area contributed by atoms with Gasteiger partial charge >= 0.3 is 0 Å². The predicted octanol–water partition coefficient (Wildman–Crippen LogP) is 2.21. The second-order valence-corrected chi connectivity index (χ2v) is 1.41. The number of hydrogen-bond donors (Lipinski definition) is 0. The lowest BCUT2D eigenvalue weighted by Crippen LogP contribution is -1.90. The minimum atomic E-state index is -2.29. The normalized spacial score (nSPS) is 10.5. The van der Waals surface area contributed by atoms with Crippen LogP contribution in [0.4, 0.5) is 13.2 Å². The predicted molar refractivity (Wildman–Crippen MR) is 25.5 cm³/mol. The van der Waals surface area contributed by atoms with E-state index < -0.39 is 13.1 Å². The van der Waals surface area contributed by atoms with Crippen molar-refractivity contribution < 1.29 is 13.2 Å². The van der Waals surface area contributed by atoms with E-state index in [1.54, 1.807) is 0 Å². The molecule has 1 radical (unpaired) electrons. The third-order valence-corrected chi connectivity index (χ3v) is 0.698. The Morgan fingerprint density at radius 3 is 2.38 bits per heavy atom. The molecule has 0 nitrogen and oxygen atoms in total. The molecule has 0 saturated heterocycles. The molecule has 0 atom stereocenters. The SMILES string of the molecule is FC[CH]CCC(F)F. The van der Waals surface area contributed by atoms with Crippen LogP contribution in [0.2, 0.25) is 0 Å². The quantitative estimate of drug-likeness (QED) is 0.505. The van der Waals surface area contributed by atoms with Crippen molar-refractivity contribution in [3.05, 3.63) is 6.42 Å². The molecule has 49 valence electrons. The van der Waals surface area contributed by atoms with Gasteiger partial charge in [0, 0.05) is 6.42 Å². The molecule has 0 aliphatic carbocycles. The van der Waals surface area contributed by atoms with E-state index in [4.69, 9.17) is 0 Å². The van der Waals surface area contributed by atoms with Crippen molar-refractivity contribution in [2.24, 2.45) is 0 Å². The van der Waals surface area contributed by atoms with E-state index >= 15 is 0 Å². The molecule has 0 saturated carbocycles. The molecule has 0 fully saturated rings. The van der Waals surface area contributed by atoms with Crippen LogP contribution in [0, 0.1) is 6.42 Å². The first kappa shape index (κ1) is 7.79. The zero-order valence-corrected chi connectivity index (χ0v) is 4.41. The van der Waals surface area contributed by atoms with Crippen LogP contribution in [0.15, 0.2) is 0 Å². The van der Waals surface area contributed by atoms with Gasteiger partial charge in [-0.3, -0.25) is 4.39 Å². The van der Waals surface area contributed by atoms with Gasteiger partial charge in [-0.2, -0.15) is 0 Å². The summed E-state index contributed by atoms with van der Waals surface area (Å²) in [6.45, 7) is -0.604. The van der Waals surface area contributed by atoms with Crippen LogP contribution in [-0.2, 0) is 0 Å². The van der Waals surface area contributed by atoms with Gasteiger partial charge in [0.2, 0.25) is 6.43 Å². The summed E-state index contributed by atoms with van der Waals surface area (Å²) in [4.78, 5) is 0. The molecule has 0 aliphatic rings. The maximum atomic E-state index is 11.2. The molecule has 0 aromatic carbocycles. The average Bonchev–Trinajstić information content (AvgIpc) is 1.66. The molecule has 0 N–H and O–H groups in total. The highest BCUT2D eigenvalue weighted by atomic mass is 19.3. The summed E-state index contributed by atoms with van der Waals surface area (Å²) in [5, 5.41) is 0. The summed E-state index contributed by atoms with van der Waals surface area (Å²) in [6.07, 6.45) is -1.14. The molecule has 0 heterocycles. The van der Waals surface area contributed by atoms with E-state index in [1.807, 2.05) is 0 Å². The highest BCUT2D eigenvalue weighted by Crippen LogP contribution is 2.04. The van der Waals surface area contributed by atoms with Crippen LogP contribution in [0.25, 0.3) is 0 Å². The highest BCUT2D eigenvalue weighted by molar-refractivity contribution is 4.61. The molecular weight excluding hydrogens is 117 g/mol. The monoisotopic (exact) mass is 125 g/mol. The molecular formula is C5H8F3. The van der Waals surface area contributed by atoms with E-state index in [2.05, 4.69) is 0 Å². The molecule has 0 aliphatic heterocycles. The van der Waals surface area contributed by atoms with E-state index in [0.29, 0.717) is 0 Å². The minimum Gasteiger partial charge on any atom is -0.251 e. The van der Waals surface area contributed by atoms with Crippen molar-refractivity contribution >= 4 is 0 Å². The number of hydrogen-bond acceptors (Lipinski definition) is 0. The van der Waals surface area contributed by atoms with Crippen LogP contribution in [-0.4, -0.2) is 13.1 Å². The molecule has 0 spiro atoms. The van der Waals surface area contributed by atoms with Crippen LogP contribution in [0.3, 0.4) is 0 Å². The summed E-state index contributed by atoms with van der Waals surface area (Å²) in [5.74, 6) is 0. The smallest absolute Gasteiger partial charge is 0.238 e. The van der Waals surface area contributed by atoms with Crippen LogP contribution in [0.1, 0.15) is 12.8 Å². The first-order valence-corrected chi connectivity index (χ1v) is 2.43. The van der Waals surface area contributed by atoms with Gasteiger partial charge in [0.05, 0.1) is 6.67 Å². The zero-order valence-electron chi connectivity index (χ0n) is 4.41. The van der Waals surface area contributed by atoms with Gasteiger partial charge in [-0.25, -0.2) is 8.78 Å². The fraction of sp³-hybridized carbons (Fsp3) is 0.800. The lowest BCUT2D eigenvalue weighted by Gasteiger charge is -1.93. The van der Waals surface area contributed by atoms with Crippen molar-refractivity contribution in [3.63, 3.8) is 0 Å². The van der Waals surface area contributed by atoms with Gasteiger partial charge in [-0.05, 0) is 12.8 Å². The lowest BCUT2D eigenvalue weighted by atomic mass is 10.2. The van der Waals surface area contributed by atoms with Crippen LogP contribution >= 0.6 is 0 Å². The van der Waals surface area contributed by atoms with E-state index in [9.17, 15) is 13.2 Å². The first-order valence-electron chi connectivity index (χ1n) is 2.43. The van der Waals surface area contributed by atoms with E-state index in [-0.39, 0.29) is 12.8 Å². The Labute approximate surface area is 46.7 Å². The fourth-order valence-electron chi connectivity index (χ4n) is 0.321. The molecule has 0 rings (SSSR count). The topological polar surface area (TPSA) is 0 Å². The van der Waals surface area contributed by atoms with Crippen molar-refractivity contribution in [2.45, 2.75) is 19.3 Å². The third-order valence-electron chi connectivity index (χ3n) is 0.698. The maximum Gasteiger partial charge on any atom is 0.238 e. The van der Waals surface area contributed by atoms with E-state index in [1.165, 1.54) is 6.42 Å². The Morgan fingerprint density at radius 2 is 2.00 bits per heavy atom. The number of rotatable bonds is 4.